The Morgan fingerprint density at radius 1 is 0.812 bits per heavy atom. The molecule has 0 saturated heterocycles. The molecule has 0 spiro atoms. The van der Waals surface area contributed by atoms with E-state index in [1.54, 1.807) is 19.3 Å². The van der Waals surface area contributed by atoms with E-state index in [0.717, 1.165) is 23.7 Å². The van der Waals surface area contributed by atoms with Crippen LogP contribution < -0.4 is 0 Å². The smallest absolute Gasteiger partial charge is 0.0318 e. The van der Waals surface area contributed by atoms with Crippen LogP contribution in [0.4, 0.5) is 0 Å². The summed E-state index contributed by atoms with van der Waals surface area (Å²) in [5.41, 5.74) is 0. The van der Waals surface area contributed by atoms with E-state index in [1.807, 2.05) is 0 Å². The lowest BCUT2D eigenvalue weighted by molar-refractivity contribution is 0.157. The lowest BCUT2D eigenvalue weighted by Crippen LogP contribution is -2.25. The second-order valence-corrected chi connectivity index (χ2v) is 7.74. The molecule has 0 radical (unpaired) electrons. The highest BCUT2D eigenvalue weighted by molar-refractivity contribution is 5.17. The number of rotatable bonds is 3. The van der Waals surface area contributed by atoms with E-state index in [4.69, 9.17) is 0 Å². The highest BCUT2D eigenvalue weighted by Gasteiger charge is 2.69. The van der Waals surface area contributed by atoms with E-state index in [0.29, 0.717) is 0 Å². The molecule has 4 aliphatic carbocycles. The minimum Gasteiger partial charge on any atom is -0.0625 e. The Balaban J connectivity index is 1.36. The summed E-state index contributed by atoms with van der Waals surface area (Å²) in [5, 5.41) is 0. The van der Waals surface area contributed by atoms with Crippen LogP contribution in [0.15, 0.2) is 0 Å². The van der Waals surface area contributed by atoms with Crippen LogP contribution in [-0.2, 0) is 0 Å². The first kappa shape index (κ1) is 9.97. The number of hydrogen-bond acceptors (Lipinski definition) is 0. The fraction of sp³-hybridized carbons (Fsp3) is 1.00. The zero-order valence-electron chi connectivity index (χ0n) is 11.0. The van der Waals surface area contributed by atoms with Crippen molar-refractivity contribution in [2.75, 3.05) is 0 Å². The first-order valence-electron chi connectivity index (χ1n) is 7.68. The summed E-state index contributed by atoms with van der Waals surface area (Å²) in [6.45, 7) is 7.35. The molecule has 0 aromatic carbocycles. The molecule has 0 heterocycles. The zero-order chi connectivity index (χ0) is 11.0. The normalized spacial score (nSPS) is 62.2. The van der Waals surface area contributed by atoms with E-state index < -0.39 is 0 Å². The number of fused-ring (bicyclic) bond motifs is 1. The van der Waals surface area contributed by atoms with Crippen LogP contribution in [0.3, 0.4) is 0 Å². The summed E-state index contributed by atoms with van der Waals surface area (Å²) in [7, 11) is 0. The van der Waals surface area contributed by atoms with Crippen molar-refractivity contribution in [3.05, 3.63) is 0 Å². The van der Waals surface area contributed by atoms with Gasteiger partial charge in [-0.25, -0.2) is 0 Å². The zero-order valence-corrected chi connectivity index (χ0v) is 11.0. The lowest BCUT2D eigenvalue weighted by atomic mass is 9.71. The average Bonchev–Trinajstić information content (AvgIpc) is 3.03. The van der Waals surface area contributed by atoms with Crippen LogP contribution in [-0.4, -0.2) is 0 Å². The molecule has 0 aliphatic heterocycles. The third-order valence-corrected chi connectivity index (χ3v) is 6.81. The molecule has 0 aromatic rings. The first-order valence-corrected chi connectivity index (χ1v) is 7.68. The minimum atomic E-state index is 0.962. The van der Waals surface area contributed by atoms with Gasteiger partial charge in [-0.15, -0.1) is 0 Å². The van der Waals surface area contributed by atoms with Gasteiger partial charge in [-0.3, -0.25) is 0 Å². The van der Waals surface area contributed by atoms with Gasteiger partial charge in [0, 0.05) is 0 Å². The molecule has 90 valence electrons. The van der Waals surface area contributed by atoms with Gasteiger partial charge in [-0.2, -0.15) is 0 Å². The van der Waals surface area contributed by atoms with Gasteiger partial charge >= 0.3 is 0 Å². The standard InChI is InChI=1S/C16H26/c1-8(2)11-6-12(11)13-7-14-15(16(13)14)10-5-4-9(10)3/h8-16H,4-7H2,1-3H3. The van der Waals surface area contributed by atoms with Gasteiger partial charge in [0.05, 0.1) is 0 Å². The average molecular weight is 218 g/mol. The van der Waals surface area contributed by atoms with Crippen LogP contribution >= 0.6 is 0 Å². The molecular formula is C16H26. The van der Waals surface area contributed by atoms with E-state index in [-0.39, 0.29) is 0 Å². The van der Waals surface area contributed by atoms with Gasteiger partial charge < -0.3 is 0 Å². The fourth-order valence-corrected chi connectivity index (χ4v) is 5.44. The SMILES string of the molecule is CC(C)C1CC1C1CC2C(C3CCC3C)C12. The molecule has 4 fully saturated rings. The number of hydrogen-bond donors (Lipinski definition) is 0. The third-order valence-electron chi connectivity index (χ3n) is 6.81. The molecule has 0 heteroatoms. The van der Waals surface area contributed by atoms with Crippen molar-refractivity contribution in [3.8, 4) is 0 Å². The molecule has 0 nitrogen and oxygen atoms in total. The Morgan fingerprint density at radius 3 is 2.06 bits per heavy atom. The molecule has 8 unspecified atom stereocenters. The quantitative estimate of drug-likeness (QED) is 0.666. The molecule has 4 aliphatic rings. The molecule has 16 heavy (non-hydrogen) atoms. The maximum atomic E-state index is 2.50. The highest BCUT2D eigenvalue weighted by Crippen LogP contribution is 2.75. The third kappa shape index (κ3) is 1.17. The molecule has 0 bridgehead atoms. The van der Waals surface area contributed by atoms with Crippen LogP contribution in [0.1, 0.15) is 46.5 Å². The van der Waals surface area contributed by atoms with Crippen LogP contribution in [0, 0.1) is 53.3 Å². The van der Waals surface area contributed by atoms with Crippen LogP contribution in [0.2, 0.25) is 0 Å². The Morgan fingerprint density at radius 2 is 1.56 bits per heavy atom. The Labute approximate surface area is 100 Å². The maximum Gasteiger partial charge on any atom is -0.0318 e. The molecule has 4 saturated carbocycles. The monoisotopic (exact) mass is 218 g/mol. The predicted molar refractivity (Wildman–Crippen MR) is 66.9 cm³/mol. The fourth-order valence-electron chi connectivity index (χ4n) is 5.44. The van der Waals surface area contributed by atoms with Crippen LogP contribution in [0.25, 0.3) is 0 Å². The van der Waals surface area contributed by atoms with Crippen molar-refractivity contribution in [2.45, 2.75) is 46.5 Å². The van der Waals surface area contributed by atoms with E-state index >= 15 is 0 Å². The maximum absolute atomic E-state index is 2.50. The van der Waals surface area contributed by atoms with Crippen molar-refractivity contribution in [3.63, 3.8) is 0 Å². The topological polar surface area (TPSA) is 0 Å². The van der Waals surface area contributed by atoms with Crippen molar-refractivity contribution < 1.29 is 0 Å². The summed E-state index contributed by atoms with van der Waals surface area (Å²) in [4.78, 5) is 0. The molecule has 0 aromatic heterocycles. The van der Waals surface area contributed by atoms with Crippen LogP contribution in [0.5, 0.6) is 0 Å². The molecule has 0 amide bonds. The Bertz CT molecular complexity index is 305. The lowest BCUT2D eigenvalue weighted by Gasteiger charge is -2.34. The minimum absolute atomic E-state index is 0.962. The largest absolute Gasteiger partial charge is 0.0625 e. The predicted octanol–water partition coefficient (Wildman–Crippen LogP) is 4.21. The van der Waals surface area contributed by atoms with Gasteiger partial charge in [-0.05, 0) is 72.5 Å². The summed E-state index contributed by atoms with van der Waals surface area (Å²) < 4.78 is 0. The van der Waals surface area contributed by atoms with Gasteiger partial charge in [0.15, 0.2) is 0 Å². The molecular weight excluding hydrogens is 192 g/mol. The Kier molecular flexibility index (Phi) is 1.91. The van der Waals surface area contributed by atoms with Gasteiger partial charge in [0.2, 0.25) is 0 Å². The summed E-state index contributed by atoms with van der Waals surface area (Å²) in [6.07, 6.45) is 6.32. The van der Waals surface area contributed by atoms with Crippen molar-refractivity contribution in [1.29, 1.82) is 0 Å². The summed E-state index contributed by atoms with van der Waals surface area (Å²) >= 11 is 0. The first-order chi connectivity index (χ1) is 7.68. The van der Waals surface area contributed by atoms with E-state index in [1.165, 1.54) is 36.0 Å². The van der Waals surface area contributed by atoms with Crippen molar-refractivity contribution in [2.24, 2.45) is 53.3 Å². The highest BCUT2D eigenvalue weighted by atomic mass is 14.7. The van der Waals surface area contributed by atoms with Crippen molar-refractivity contribution >= 4 is 0 Å². The van der Waals surface area contributed by atoms with E-state index in [9.17, 15) is 0 Å². The molecule has 8 atom stereocenters. The van der Waals surface area contributed by atoms with E-state index in [2.05, 4.69) is 20.8 Å². The summed E-state index contributed by atoms with van der Waals surface area (Å²) in [5.74, 6) is 10.3. The molecule has 4 rings (SSSR count). The molecule has 0 N–H and O–H groups in total. The Hall–Kier alpha value is 0. The van der Waals surface area contributed by atoms with Gasteiger partial charge in [0.1, 0.15) is 0 Å². The summed E-state index contributed by atoms with van der Waals surface area (Å²) in [6, 6.07) is 0. The van der Waals surface area contributed by atoms with Crippen molar-refractivity contribution in [1.82, 2.24) is 0 Å². The second kappa shape index (κ2) is 3.06. The second-order valence-electron chi connectivity index (χ2n) is 7.74. The van der Waals surface area contributed by atoms with Gasteiger partial charge in [0.25, 0.3) is 0 Å². The van der Waals surface area contributed by atoms with Gasteiger partial charge in [-0.1, -0.05) is 27.2 Å².